The van der Waals surface area contributed by atoms with Crippen molar-refractivity contribution in [3.8, 4) is 5.88 Å². The molecule has 0 aromatic carbocycles. The van der Waals surface area contributed by atoms with Crippen molar-refractivity contribution in [2.24, 2.45) is 0 Å². The molecule has 2 aliphatic rings. The molecular weight excluding hydrogens is 218 g/mol. The van der Waals surface area contributed by atoms with Crippen molar-refractivity contribution in [3.05, 3.63) is 18.1 Å². The fourth-order valence-corrected chi connectivity index (χ4v) is 1.81. The van der Waals surface area contributed by atoms with Crippen LogP contribution in [0.3, 0.4) is 0 Å². The maximum Gasteiger partial charge on any atom is 0.232 e. The third-order valence-corrected chi connectivity index (χ3v) is 3.01. The Morgan fingerprint density at radius 1 is 1.29 bits per heavy atom. The lowest BCUT2D eigenvalue weighted by molar-refractivity contribution is 0.137. The molecule has 3 rings (SSSR count). The summed E-state index contributed by atoms with van der Waals surface area (Å²) in [6, 6.07) is 0.698. The van der Waals surface area contributed by atoms with E-state index in [0.29, 0.717) is 18.5 Å². The Bertz CT molecular complexity index is 359. The van der Waals surface area contributed by atoms with Gasteiger partial charge in [-0.15, -0.1) is 0 Å². The average Bonchev–Trinajstić information content (AvgIpc) is 3.05. The van der Waals surface area contributed by atoms with Gasteiger partial charge < -0.3 is 14.8 Å². The van der Waals surface area contributed by atoms with E-state index in [2.05, 4.69) is 15.3 Å². The maximum absolute atomic E-state index is 5.65. The van der Waals surface area contributed by atoms with Gasteiger partial charge in [-0.05, 0) is 12.8 Å². The van der Waals surface area contributed by atoms with E-state index < -0.39 is 0 Å². The van der Waals surface area contributed by atoms with Crippen molar-refractivity contribution >= 4 is 0 Å². The molecular formula is C12H17N3O2. The van der Waals surface area contributed by atoms with E-state index in [0.717, 1.165) is 25.3 Å². The molecule has 1 aliphatic carbocycles. The van der Waals surface area contributed by atoms with Crippen molar-refractivity contribution in [1.82, 2.24) is 15.3 Å². The van der Waals surface area contributed by atoms with E-state index in [9.17, 15) is 0 Å². The van der Waals surface area contributed by atoms with Crippen LogP contribution in [-0.4, -0.2) is 35.3 Å². The number of aromatic nitrogens is 2. The van der Waals surface area contributed by atoms with E-state index >= 15 is 0 Å². The summed E-state index contributed by atoms with van der Waals surface area (Å²) in [6.45, 7) is 2.23. The summed E-state index contributed by atoms with van der Waals surface area (Å²) in [5.41, 5.74) is 0.965. The Balaban J connectivity index is 1.51. The molecule has 0 radical (unpaired) electrons. The Hall–Kier alpha value is -1.20. The van der Waals surface area contributed by atoms with Crippen LogP contribution in [-0.2, 0) is 11.3 Å². The molecule has 1 aliphatic heterocycles. The third-order valence-electron chi connectivity index (χ3n) is 3.01. The molecule has 5 heteroatoms. The first-order valence-corrected chi connectivity index (χ1v) is 6.19. The Labute approximate surface area is 101 Å². The predicted molar refractivity (Wildman–Crippen MR) is 61.7 cm³/mol. The van der Waals surface area contributed by atoms with Crippen LogP contribution >= 0.6 is 0 Å². The number of nitrogens with zero attached hydrogens (tertiary/aromatic N) is 2. The minimum atomic E-state index is 0.139. The molecule has 0 amide bonds. The Morgan fingerprint density at radius 3 is 2.88 bits per heavy atom. The molecule has 17 heavy (non-hydrogen) atoms. The van der Waals surface area contributed by atoms with E-state index in [1.165, 1.54) is 12.8 Å². The van der Waals surface area contributed by atoms with Crippen LogP contribution in [0.2, 0.25) is 0 Å². The topological polar surface area (TPSA) is 56.3 Å². The summed E-state index contributed by atoms with van der Waals surface area (Å²) in [5.74, 6) is 0.593. The maximum atomic E-state index is 5.65. The average molecular weight is 235 g/mol. The highest BCUT2D eigenvalue weighted by molar-refractivity contribution is 5.08. The van der Waals surface area contributed by atoms with Gasteiger partial charge in [-0.1, -0.05) is 0 Å². The van der Waals surface area contributed by atoms with Crippen LogP contribution in [0.15, 0.2) is 12.4 Å². The first-order valence-electron chi connectivity index (χ1n) is 6.19. The van der Waals surface area contributed by atoms with Gasteiger partial charge in [0.15, 0.2) is 0 Å². The van der Waals surface area contributed by atoms with Crippen molar-refractivity contribution < 1.29 is 9.47 Å². The van der Waals surface area contributed by atoms with Crippen LogP contribution in [0, 0.1) is 0 Å². The van der Waals surface area contributed by atoms with Crippen LogP contribution in [0.5, 0.6) is 5.88 Å². The highest BCUT2D eigenvalue weighted by Gasteiger charge is 2.20. The van der Waals surface area contributed by atoms with Gasteiger partial charge in [0.1, 0.15) is 6.10 Å². The number of rotatable bonds is 5. The molecule has 0 spiro atoms. The van der Waals surface area contributed by atoms with Crippen LogP contribution in [0.4, 0.5) is 0 Å². The van der Waals surface area contributed by atoms with Gasteiger partial charge >= 0.3 is 0 Å². The van der Waals surface area contributed by atoms with Gasteiger partial charge in [-0.3, -0.25) is 4.98 Å². The summed E-state index contributed by atoms with van der Waals surface area (Å²) in [7, 11) is 0. The quantitative estimate of drug-likeness (QED) is 0.821. The molecule has 1 saturated heterocycles. The van der Waals surface area contributed by atoms with Crippen molar-refractivity contribution in [2.45, 2.75) is 38.0 Å². The molecule has 1 unspecified atom stereocenters. The molecule has 1 aromatic heterocycles. The van der Waals surface area contributed by atoms with Crippen molar-refractivity contribution in [1.29, 1.82) is 0 Å². The molecule has 1 saturated carbocycles. The molecule has 5 nitrogen and oxygen atoms in total. The summed E-state index contributed by atoms with van der Waals surface area (Å²) >= 11 is 0. The largest absolute Gasteiger partial charge is 0.471 e. The zero-order valence-corrected chi connectivity index (χ0v) is 9.76. The van der Waals surface area contributed by atoms with Gasteiger partial charge in [0.05, 0.1) is 31.3 Å². The third kappa shape index (κ3) is 3.14. The van der Waals surface area contributed by atoms with Crippen molar-refractivity contribution in [3.63, 3.8) is 0 Å². The molecule has 1 N–H and O–H groups in total. The lowest BCUT2D eigenvalue weighted by Crippen LogP contribution is -2.18. The standard InChI is InChI=1S/C12H17N3O2/c1-2-9(1)13-5-10-6-15-12(7-14-10)17-11-3-4-16-8-11/h6-7,9,11,13H,1-5,8H2. The Kier molecular flexibility index (Phi) is 3.20. The van der Waals surface area contributed by atoms with E-state index in [-0.39, 0.29) is 6.10 Å². The molecule has 1 aromatic rings. The summed E-state index contributed by atoms with van der Waals surface area (Å²) in [4.78, 5) is 8.59. The first-order chi connectivity index (χ1) is 8.40. The highest BCUT2D eigenvalue weighted by Crippen LogP contribution is 2.19. The molecule has 2 fully saturated rings. The highest BCUT2D eigenvalue weighted by atomic mass is 16.5. The van der Waals surface area contributed by atoms with Crippen LogP contribution < -0.4 is 10.1 Å². The van der Waals surface area contributed by atoms with Crippen LogP contribution in [0.1, 0.15) is 25.0 Å². The monoisotopic (exact) mass is 235 g/mol. The molecule has 92 valence electrons. The molecule has 0 bridgehead atoms. The SMILES string of the molecule is c1nc(OC2CCOC2)cnc1CNC1CC1. The lowest BCUT2D eigenvalue weighted by Gasteiger charge is -2.10. The van der Waals surface area contributed by atoms with Crippen molar-refractivity contribution in [2.75, 3.05) is 13.2 Å². The number of nitrogens with one attached hydrogen (secondary N) is 1. The summed E-state index contributed by atoms with van der Waals surface area (Å²) < 4.78 is 10.9. The second-order valence-electron chi connectivity index (χ2n) is 4.60. The zero-order chi connectivity index (χ0) is 11.5. The van der Waals surface area contributed by atoms with Gasteiger partial charge in [-0.25, -0.2) is 4.98 Å². The van der Waals surface area contributed by atoms with Gasteiger partial charge in [0.25, 0.3) is 0 Å². The lowest BCUT2D eigenvalue weighted by atomic mass is 10.3. The smallest absolute Gasteiger partial charge is 0.232 e. The van der Waals surface area contributed by atoms with Gasteiger partial charge in [-0.2, -0.15) is 0 Å². The van der Waals surface area contributed by atoms with Gasteiger partial charge in [0, 0.05) is 19.0 Å². The van der Waals surface area contributed by atoms with E-state index in [1.54, 1.807) is 12.4 Å². The molecule has 1 atom stereocenters. The predicted octanol–water partition coefficient (Wildman–Crippen LogP) is 0.896. The van der Waals surface area contributed by atoms with E-state index in [1.807, 2.05) is 0 Å². The Morgan fingerprint density at radius 2 is 2.24 bits per heavy atom. The normalized spacial score (nSPS) is 23.9. The number of hydrogen-bond acceptors (Lipinski definition) is 5. The molecule has 2 heterocycles. The second kappa shape index (κ2) is 4.98. The fraction of sp³-hybridized carbons (Fsp3) is 0.667. The summed E-state index contributed by atoms with van der Waals surface area (Å²) in [6.07, 6.45) is 7.13. The minimum absolute atomic E-state index is 0.139. The van der Waals surface area contributed by atoms with Crippen LogP contribution in [0.25, 0.3) is 0 Å². The fourth-order valence-electron chi connectivity index (χ4n) is 1.81. The number of hydrogen-bond donors (Lipinski definition) is 1. The van der Waals surface area contributed by atoms with E-state index in [4.69, 9.17) is 9.47 Å². The summed E-state index contributed by atoms with van der Waals surface area (Å²) in [5, 5.41) is 3.40. The zero-order valence-electron chi connectivity index (χ0n) is 9.76. The minimum Gasteiger partial charge on any atom is -0.471 e. The second-order valence-corrected chi connectivity index (χ2v) is 4.60. The number of ether oxygens (including phenoxy) is 2. The van der Waals surface area contributed by atoms with Gasteiger partial charge in [0.2, 0.25) is 5.88 Å². The first kappa shape index (κ1) is 10.9.